The monoisotopic (exact) mass is 324 g/mol. The molecule has 7 heteroatoms. The van der Waals surface area contributed by atoms with E-state index in [1.54, 1.807) is 16.2 Å². The summed E-state index contributed by atoms with van der Waals surface area (Å²) in [6.45, 7) is 4.02. The first kappa shape index (κ1) is 16.7. The summed E-state index contributed by atoms with van der Waals surface area (Å²) in [5, 5.41) is 6.11. The second kappa shape index (κ2) is 8.12. The number of carbonyl (C=O) groups excluding carboxylic acids is 2. The first-order valence-electron chi connectivity index (χ1n) is 7.76. The van der Waals surface area contributed by atoms with Gasteiger partial charge in [0.2, 0.25) is 5.91 Å². The van der Waals surface area contributed by atoms with Crippen molar-refractivity contribution in [2.75, 3.05) is 19.6 Å². The highest BCUT2D eigenvalue weighted by Gasteiger charge is 2.24. The highest BCUT2D eigenvalue weighted by atomic mass is 32.1. The van der Waals surface area contributed by atoms with E-state index in [2.05, 4.69) is 10.3 Å². The Morgan fingerprint density at radius 2 is 2.36 bits per heavy atom. The summed E-state index contributed by atoms with van der Waals surface area (Å²) in [5.74, 6) is -0.0821. The van der Waals surface area contributed by atoms with Crippen LogP contribution in [-0.2, 0) is 11.2 Å². The van der Waals surface area contributed by atoms with Gasteiger partial charge in [-0.3, -0.25) is 4.79 Å². The summed E-state index contributed by atoms with van der Waals surface area (Å²) in [6, 6.07) is -0.0375. The number of hydrogen-bond acceptors (Lipinski definition) is 4. The van der Waals surface area contributed by atoms with Crippen LogP contribution < -0.4 is 11.1 Å². The van der Waals surface area contributed by atoms with Crippen molar-refractivity contribution in [3.05, 3.63) is 16.1 Å². The van der Waals surface area contributed by atoms with E-state index in [-0.39, 0.29) is 17.9 Å². The molecule has 0 bridgehead atoms. The van der Waals surface area contributed by atoms with Gasteiger partial charge in [-0.1, -0.05) is 0 Å². The number of primary amides is 1. The van der Waals surface area contributed by atoms with Gasteiger partial charge in [0.05, 0.1) is 5.01 Å². The molecule has 2 rings (SSSR count). The van der Waals surface area contributed by atoms with Crippen LogP contribution in [0.25, 0.3) is 0 Å². The molecule has 0 saturated carbocycles. The van der Waals surface area contributed by atoms with Gasteiger partial charge in [-0.2, -0.15) is 0 Å². The average molecular weight is 324 g/mol. The molecule has 1 aromatic heterocycles. The predicted octanol–water partition coefficient (Wildman–Crippen LogP) is 1.68. The average Bonchev–Trinajstić information content (AvgIpc) is 2.88. The molecule has 122 valence electrons. The van der Waals surface area contributed by atoms with E-state index in [1.807, 2.05) is 12.3 Å². The van der Waals surface area contributed by atoms with Crippen LogP contribution in [0.4, 0.5) is 4.79 Å². The van der Waals surface area contributed by atoms with Crippen LogP contribution in [0.2, 0.25) is 0 Å². The number of nitrogens with zero attached hydrogens (tertiary/aromatic N) is 2. The number of nitrogens with one attached hydrogen (secondary N) is 1. The second-order valence-electron chi connectivity index (χ2n) is 5.84. The fourth-order valence-electron chi connectivity index (χ4n) is 2.76. The Hall–Kier alpha value is -1.63. The zero-order valence-electron chi connectivity index (χ0n) is 13.0. The second-order valence-corrected chi connectivity index (χ2v) is 6.79. The summed E-state index contributed by atoms with van der Waals surface area (Å²) < 4.78 is 0. The van der Waals surface area contributed by atoms with Gasteiger partial charge in [0, 0.05) is 43.5 Å². The number of urea groups is 1. The molecule has 0 aromatic carbocycles. The molecule has 0 spiro atoms. The van der Waals surface area contributed by atoms with Crippen molar-refractivity contribution in [3.8, 4) is 0 Å². The normalized spacial score (nSPS) is 18.2. The standard InChI is InChI=1S/C15H24N4O2S/c1-11-10-22-14(18-11)5-2-6-17-15(21)19-7-3-4-12(9-19)8-13(16)20/h10,12H,2-9H2,1H3,(H2,16,20)(H,17,21)/t12-/m1/s1. The molecule has 0 unspecified atom stereocenters. The van der Waals surface area contributed by atoms with Crippen LogP contribution in [0.3, 0.4) is 0 Å². The molecule has 3 N–H and O–H groups in total. The lowest BCUT2D eigenvalue weighted by Crippen LogP contribution is -2.46. The number of piperidine rings is 1. The molecule has 1 fully saturated rings. The zero-order chi connectivity index (χ0) is 15.9. The Labute approximate surface area is 135 Å². The fraction of sp³-hybridized carbons (Fsp3) is 0.667. The van der Waals surface area contributed by atoms with Crippen LogP contribution in [0.5, 0.6) is 0 Å². The highest BCUT2D eigenvalue weighted by Crippen LogP contribution is 2.19. The maximum Gasteiger partial charge on any atom is 0.317 e. The third-order valence-electron chi connectivity index (χ3n) is 3.81. The quantitative estimate of drug-likeness (QED) is 0.780. The summed E-state index contributed by atoms with van der Waals surface area (Å²) in [7, 11) is 0. The number of aryl methyl sites for hydroxylation is 2. The molecule has 1 saturated heterocycles. The van der Waals surface area contributed by atoms with E-state index in [1.165, 1.54) is 0 Å². The predicted molar refractivity (Wildman–Crippen MR) is 86.7 cm³/mol. The minimum Gasteiger partial charge on any atom is -0.370 e. The van der Waals surface area contributed by atoms with Crippen LogP contribution in [0.1, 0.15) is 36.4 Å². The Morgan fingerprint density at radius 3 is 3.05 bits per heavy atom. The molecule has 1 aromatic rings. The maximum absolute atomic E-state index is 12.1. The summed E-state index contributed by atoms with van der Waals surface area (Å²) >= 11 is 1.66. The van der Waals surface area contributed by atoms with E-state index >= 15 is 0 Å². The van der Waals surface area contributed by atoms with Crippen LogP contribution in [0.15, 0.2) is 5.38 Å². The van der Waals surface area contributed by atoms with E-state index < -0.39 is 0 Å². The van der Waals surface area contributed by atoms with Crippen molar-refractivity contribution in [1.82, 2.24) is 15.2 Å². The smallest absolute Gasteiger partial charge is 0.317 e. The third-order valence-corrected chi connectivity index (χ3v) is 4.83. The number of amides is 3. The number of aromatic nitrogens is 1. The number of thiazole rings is 1. The van der Waals surface area contributed by atoms with Crippen molar-refractivity contribution in [1.29, 1.82) is 0 Å². The summed E-state index contributed by atoms with van der Waals surface area (Å²) in [5.41, 5.74) is 6.29. The molecular weight excluding hydrogens is 300 g/mol. The minimum atomic E-state index is -0.286. The number of likely N-dealkylation sites (tertiary alicyclic amines) is 1. The Balaban J connectivity index is 1.67. The van der Waals surface area contributed by atoms with Gasteiger partial charge in [-0.25, -0.2) is 9.78 Å². The number of rotatable bonds is 6. The van der Waals surface area contributed by atoms with E-state index in [0.29, 0.717) is 19.5 Å². The largest absolute Gasteiger partial charge is 0.370 e. The topological polar surface area (TPSA) is 88.3 Å². The summed E-state index contributed by atoms with van der Waals surface area (Å²) in [4.78, 5) is 29.3. The lowest BCUT2D eigenvalue weighted by atomic mass is 9.95. The third kappa shape index (κ3) is 5.29. The number of hydrogen-bond donors (Lipinski definition) is 2. The van der Waals surface area contributed by atoms with Gasteiger partial charge in [0.1, 0.15) is 0 Å². The van der Waals surface area contributed by atoms with Crippen molar-refractivity contribution < 1.29 is 9.59 Å². The Kier molecular flexibility index (Phi) is 6.18. The van der Waals surface area contributed by atoms with Crippen LogP contribution in [-0.4, -0.2) is 41.5 Å². The van der Waals surface area contributed by atoms with Gasteiger partial charge < -0.3 is 16.0 Å². The van der Waals surface area contributed by atoms with Crippen LogP contribution in [0, 0.1) is 12.8 Å². The molecule has 2 heterocycles. The van der Waals surface area contributed by atoms with Crippen molar-refractivity contribution in [2.45, 2.75) is 39.0 Å². The van der Waals surface area contributed by atoms with E-state index in [4.69, 9.17) is 5.73 Å². The van der Waals surface area contributed by atoms with Crippen LogP contribution >= 0.6 is 11.3 Å². The van der Waals surface area contributed by atoms with Gasteiger partial charge in [0.25, 0.3) is 0 Å². The first-order valence-corrected chi connectivity index (χ1v) is 8.64. The van der Waals surface area contributed by atoms with Gasteiger partial charge in [-0.05, 0) is 32.1 Å². The molecule has 22 heavy (non-hydrogen) atoms. The van der Waals surface area contributed by atoms with Gasteiger partial charge in [-0.15, -0.1) is 11.3 Å². The lowest BCUT2D eigenvalue weighted by Gasteiger charge is -2.32. The van der Waals surface area contributed by atoms with Gasteiger partial charge in [0.15, 0.2) is 0 Å². The molecule has 0 aliphatic carbocycles. The molecule has 1 atom stereocenters. The molecule has 6 nitrogen and oxygen atoms in total. The molecule has 0 radical (unpaired) electrons. The SMILES string of the molecule is Cc1csc(CCCNC(=O)N2CCC[C@H](CC(N)=O)C2)n1. The number of nitrogens with two attached hydrogens (primary N) is 1. The lowest BCUT2D eigenvalue weighted by molar-refractivity contribution is -0.119. The molecule has 3 amide bonds. The zero-order valence-corrected chi connectivity index (χ0v) is 13.8. The Morgan fingerprint density at radius 1 is 1.55 bits per heavy atom. The highest BCUT2D eigenvalue weighted by molar-refractivity contribution is 7.09. The molecule has 1 aliphatic heterocycles. The van der Waals surface area contributed by atoms with Crippen molar-refractivity contribution in [2.24, 2.45) is 11.7 Å². The number of carbonyl (C=O) groups is 2. The summed E-state index contributed by atoms with van der Waals surface area (Å²) in [6.07, 6.45) is 4.05. The minimum absolute atomic E-state index is 0.0375. The molecular formula is C15H24N4O2S. The molecule has 1 aliphatic rings. The van der Waals surface area contributed by atoms with Gasteiger partial charge >= 0.3 is 6.03 Å². The van der Waals surface area contributed by atoms with Crippen molar-refractivity contribution in [3.63, 3.8) is 0 Å². The fourth-order valence-corrected chi connectivity index (χ4v) is 3.58. The van der Waals surface area contributed by atoms with E-state index in [9.17, 15) is 9.59 Å². The Bertz CT molecular complexity index is 517. The van der Waals surface area contributed by atoms with Crippen molar-refractivity contribution >= 4 is 23.3 Å². The van der Waals surface area contributed by atoms with E-state index in [0.717, 1.165) is 42.9 Å². The maximum atomic E-state index is 12.1. The first-order chi connectivity index (χ1) is 10.5.